The summed E-state index contributed by atoms with van der Waals surface area (Å²) in [4.78, 5) is 2.72. The van der Waals surface area contributed by atoms with Crippen molar-refractivity contribution < 1.29 is 0 Å². The fourth-order valence-electron chi connectivity index (χ4n) is 3.84. The van der Waals surface area contributed by atoms with Gasteiger partial charge in [-0.1, -0.05) is 41.0 Å². The molecule has 1 heterocycles. The van der Waals surface area contributed by atoms with E-state index in [1.54, 1.807) is 0 Å². The van der Waals surface area contributed by atoms with Gasteiger partial charge in [0.15, 0.2) is 0 Å². The zero-order valence-electron chi connectivity index (χ0n) is 14.0. The quantitative estimate of drug-likeness (QED) is 0.815. The average Bonchev–Trinajstić information content (AvgIpc) is 2.61. The van der Waals surface area contributed by atoms with Crippen LogP contribution in [0.3, 0.4) is 0 Å². The highest BCUT2D eigenvalue weighted by Crippen LogP contribution is 2.36. The Morgan fingerprint density at radius 1 is 1.11 bits per heavy atom. The smallest absolute Gasteiger partial charge is 0.0329 e. The second kappa shape index (κ2) is 7.08. The van der Waals surface area contributed by atoms with Crippen molar-refractivity contribution in [1.82, 2.24) is 4.90 Å². The van der Waals surface area contributed by atoms with Gasteiger partial charge >= 0.3 is 0 Å². The topological polar surface area (TPSA) is 29.3 Å². The maximum Gasteiger partial charge on any atom is 0.0329 e. The molecule has 2 N–H and O–H groups in total. The van der Waals surface area contributed by atoms with Crippen LogP contribution in [0.4, 0.5) is 0 Å². The zero-order valence-corrected chi connectivity index (χ0v) is 14.0. The Kier molecular flexibility index (Phi) is 6.32. The number of hydrogen-bond donors (Lipinski definition) is 1. The molecule has 1 fully saturated rings. The summed E-state index contributed by atoms with van der Waals surface area (Å²) >= 11 is 0. The maximum absolute atomic E-state index is 6.16. The van der Waals surface area contributed by atoms with Gasteiger partial charge in [0.2, 0.25) is 0 Å². The summed E-state index contributed by atoms with van der Waals surface area (Å²) in [5.41, 5.74) is 6.89. The molecule has 0 saturated carbocycles. The van der Waals surface area contributed by atoms with Crippen LogP contribution in [0.15, 0.2) is 0 Å². The molecule has 2 heteroatoms. The normalized spacial score (nSPS) is 25.9. The Balaban J connectivity index is 2.74. The van der Waals surface area contributed by atoms with E-state index < -0.39 is 0 Å². The molecule has 1 rings (SSSR count). The Morgan fingerprint density at radius 2 is 1.79 bits per heavy atom. The van der Waals surface area contributed by atoms with Crippen LogP contribution in [0.5, 0.6) is 0 Å². The Hall–Kier alpha value is -0.0800. The molecule has 1 saturated heterocycles. The summed E-state index contributed by atoms with van der Waals surface area (Å²) in [6.45, 7) is 15.1. The third-order valence-corrected chi connectivity index (χ3v) is 5.38. The molecule has 2 atom stereocenters. The van der Waals surface area contributed by atoms with Crippen LogP contribution < -0.4 is 5.73 Å². The largest absolute Gasteiger partial charge is 0.329 e. The Morgan fingerprint density at radius 3 is 2.26 bits per heavy atom. The highest BCUT2D eigenvalue weighted by atomic mass is 15.2. The summed E-state index contributed by atoms with van der Waals surface area (Å²) in [6.07, 6.45) is 7.75. The van der Waals surface area contributed by atoms with Gasteiger partial charge in [0, 0.05) is 12.1 Å². The van der Waals surface area contributed by atoms with Gasteiger partial charge in [0.05, 0.1) is 0 Å². The molecular weight excluding hydrogens is 232 g/mol. The second-order valence-corrected chi connectivity index (χ2v) is 7.51. The van der Waals surface area contributed by atoms with E-state index in [-0.39, 0.29) is 5.54 Å². The molecule has 0 aliphatic carbocycles. The standard InChI is InChI=1S/C17H36N2/c1-6-11-17(7-2,14-18)19-12-8-9-15(10-13-19)16(3,4)5/h15H,6-14,18H2,1-5H3. The van der Waals surface area contributed by atoms with Crippen molar-refractivity contribution in [3.05, 3.63) is 0 Å². The van der Waals surface area contributed by atoms with Crippen molar-refractivity contribution in [3.63, 3.8) is 0 Å². The SMILES string of the molecule is CCCC(CC)(CN)N1CCCC(C(C)(C)C)CC1. The molecule has 2 nitrogen and oxygen atoms in total. The molecule has 1 aliphatic rings. The van der Waals surface area contributed by atoms with Gasteiger partial charge in [0.1, 0.15) is 0 Å². The summed E-state index contributed by atoms with van der Waals surface area (Å²) in [5, 5.41) is 0. The van der Waals surface area contributed by atoms with Crippen molar-refractivity contribution in [2.24, 2.45) is 17.1 Å². The first kappa shape index (κ1) is 17.0. The molecule has 0 spiro atoms. The lowest BCUT2D eigenvalue weighted by Gasteiger charge is -2.43. The number of nitrogens with two attached hydrogens (primary N) is 1. The lowest BCUT2D eigenvalue weighted by Crippen LogP contribution is -2.54. The average molecular weight is 268 g/mol. The molecular formula is C17H36N2. The molecule has 114 valence electrons. The highest BCUT2D eigenvalue weighted by molar-refractivity contribution is 4.92. The Labute approximate surface area is 121 Å². The molecule has 0 bridgehead atoms. The van der Waals surface area contributed by atoms with Gasteiger partial charge in [-0.25, -0.2) is 0 Å². The fourth-order valence-corrected chi connectivity index (χ4v) is 3.84. The summed E-state index contributed by atoms with van der Waals surface area (Å²) < 4.78 is 0. The lowest BCUT2D eigenvalue weighted by molar-refractivity contribution is 0.0793. The third kappa shape index (κ3) is 4.19. The van der Waals surface area contributed by atoms with Gasteiger partial charge in [-0.15, -0.1) is 0 Å². The predicted octanol–water partition coefficient (Wildman–Crippen LogP) is 4.04. The minimum absolute atomic E-state index is 0.265. The second-order valence-electron chi connectivity index (χ2n) is 7.51. The molecule has 0 amide bonds. The number of nitrogens with zero attached hydrogens (tertiary/aromatic N) is 1. The minimum atomic E-state index is 0.265. The van der Waals surface area contributed by atoms with Crippen molar-refractivity contribution in [2.75, 3.05) is 19.6 Å². The molecule has 2 unspecified atom stereocenters. The molecule has 0 aromatic heterocycles. The first-order valence-electron chi connectivity index (χ1n) is 8.34. The first-order valence-corrected chi connectivity index (χ1v) is 8.34. The van der Waals surface area contributed by atoms with Crippen LogP contribution in [-0.4, -0.2) is 30.1 Å². The monoisotopic (exact) mass is 268 g/mol. The van der Waals surface area contributed by atoms with Gasteiger partial charge in [-0.2, -0.15) is 0 Å². The maximum atomic E-state index is 6.16. The van der Waals surface area contributed by atoms with Crippen LogP contribution in [0.2, 0.25) is 0 Å². The Bertz CT molecular complexity index is 250. The number of rotatable bonds is 5. The van der Waals surface area contributed by atoms with Crippen LogP contribution in [-0.2, 0) is 0 Å². The predicted molar refractivity (Wildman–Crippen MR) is 85.4 cm³/mol. The van der Waals surface area contributed by atoms with Gasteiger partial charge in [-0.3, -0.25) is 4.90 Å². The highest BCUT2D eigenvalue weighted by Gasteiger charge is 2.35. The van der Waals surface area contributed by atoms with E-state index in [9.17, 15) is 0 Å². The zero-order chi connectivity index (χ0) is 14.5. The summed E-state index contributed by atoms with van der Waals surface area (Å²) in [5.74, 6) is 0.867. The molecule has 0 aromatic rings. The van der Waals surface area contributed by atoms with Crippen LogP contribution in [0.1, 0.15) is 73.1 Å². The van der Waals surface area contributed by atoms with E-state index in [1.807, 2.05) is 0 Å². The summed E-state index contributed by atoms with van der Waals surface area (Å²) in [6, 6.07) is 0. The van der Waals surface area contributed by atoms with E-state index in [2.05, 4.69) is 39.5 Å². The van der Waals surface area contributed by atoms with Crippen molar-refractivity contribution in [2.45, 2.75) is 78.7 Å². The molecule has 0 radical (unpaired) electrons. The lowest BCUT2D eigenvalue weighted by atomic mass is 9.76. The molecule has 1 aliphatic heterocycles. The van der Waals surface area contributed by atoms with Crippen LogP contribution in [0, 0.1) is 11.3 Å². The minimum Gasteiger partial charge on any atom is -0.329 e. The third-order valence-electron chi connectivity index (χ3n) is 5.38. The van der Waals surface area contributed by atoms with Crippen molar-refractivity contribution in [1.29, 1.82) is 0 Å². The van der Waals surface area contributed by atoms with Crippen LogP contribution >= 0.6 is 0 Å². The van der Waals surface area contributed by atoms with Gasteiger partial charge in [-0.05, 0) is 56.5 Å². The first-order chi connectivity index (χ1) is 8.89. The van der Waals surface area contributed by atoms with Gasteiger partial charge < -0.3 is 5.73 Å². The van der Waals surface area contributed by atoms with E-state index in [4.69, 9.17) is 5.73 Å². The van der Waals surface area contributed by atoms with Crippen molar-refractivity contribution >= 4 is 0 Å². The van der Waals surface area contributed by atoms with E-state index >= 15 is 0 Å². The van der Waals surface area contributed by atoms with Gasteiger partial charge in [0.25, 0.3) is 0 Å². The molecule has 19 heavy (non-hydrogen) atoms. The number of hydrogen-bond acceptors (Lipinski definition) is 2. The molecule has 0 aromatic carbocycles. The summed E-state index contributed by atoms with van der Waals surface area (Å²) in [7, 11) is 0. The van der Waals surface area contributed by atoms with Crippen molar-refractivity contribution in [3.8, 4) is 0 Å². The van der Waals surface area contributed by atoms with E-state index in [1.165, 1.54) is 51.6 Å². The van der Waals surface area contributed by atoms with Crippen LogP contribution in [0.25, 0.3) is 0 Å². The fraction of sp³-hybridized carbons (Fsp3) is 1.00. The number of likely N-dealkylation sites (tertiary alicyclic amines) is 1. The van der Waals surface area contributed by atoms with E-state index in [0.29, 0.717) is 5.41 Å². The van der Waals surface area contributed by atoms with E-state index in [0.717, 1.165) is 12.5 Å².